The van der Waals surface area contributed by atoms with E-state index in [1.165, 1.54) is 5.56 Å². The zero-order valence-corrected chi connectivity index (χ0v) is 18.2. The fourth-order valence-electron chi connectivity index (χ4n) is 3.63. The molecule has 29 heavy (non-hydrogen) atoms. The van der Waals surface area contributed by atoms with Crippen LogP contribution in [-0.2, 0) is 11.2 Å². The highest BCUT2D eigenvalue weighted by atomic mass is 16.1. The Bertz CT molecular complexity index is 963. The molecular formula is C24H31N3O2. The van der Waals surface area contributed by atoms with Crippen molar-refractivity contribution in [2.24, 2.45) is 5.92 Å². The van der Waals surface area contributed by atoms with Gasteiger partial charge in [-0.2, -0.15) is 5.26 Å². The van der Waals surface area contributed by atoms with Crippen molar-refractivity contribution in [2.45, 2.75) is 66.3 Å². The van der Waals surface area contributed by atoms with Crippen LogP contribution in [0.2, 0.25) is 0 Å². The maximum Gasteiger partial charge on any atom is 0.266 e. The van der Waals surface area contributed by atoms with Crippen molar-refractivity contribution in [3.05, 3.63) is 68.1 Å². The van der Waals surface area contributed by atoms with Gasteiger partial charge in [-0.3, -0.25) is 9.59 Å². The van der Waals surface area contributed by atoms with Crippen LogP contribution in [0.25, 0.3) is 0 Å². The quantitative estimate of drug-likeness (QED) is 0.729. The van der Waals surface area contributed by atoms with E-state index in [-0.39, 0.29) is 29.0 Å². The summed E-state index contributed by atoms with van der Waals surface area (Å²) in [4.78, 5) is 27.3. The number of pyridine rings is 1. The van der Waals surface area contributed by atoms with Gasteiger partial charge < -0.3 is 10.3 Å². The van der Waals surface area contributed by atoms with Crippen LogP contribution >= 0.6 is 0 Å². The van der Waals surface area contributed by atoms with Gasteiger partial charge in [-0.05, 0) is 54.4 Å². The van der Waals surface area contributed by atoms with E-state index in [0.29, 0.717) is 30.0 Å². The minimum absolute atomic E-state index is 0.0415. The van der Waals surface area contributed by atoms with E-state index < -0.39 is 0 Å². The number of nitrogens with zero attached hydrogens (tertiary/aromatic N) is 1. The van der Waals surface area contributed by atoms with Gasteiger partial charge in [0.25, 0.3) is 5.56 Å². The number of aryl methyl sites for hydroxylation is 1. The lowest BCUT2D eigenvalue weighted by molar-refractivity contribution is -0.122. The maximum absolute atomic E-state index is 12.7. The maximum atomic E-state index is 12.7. The second-order valence-corrected chi connectivity index (χ2v) is 8.28. The minimum Gasteiger partial charge on any atom is -0.349 e. The largest absolute Gasteiger partial charge is 0.349 e. The molecule has 1 aromatic carbocycles. The monoisotopic (exact) mass is 393 g/mol. The van der Waals surface area contributed by atoms with Crippen LogP contribution in [0.15, 0.2) is 29.1 Å². The lowest BCUT2D eigenvalue weighted by atomic mass is 9.93. The second-order valence-electron chi connectivity index (χ2n) is 8.28. The number of aromatic nitrogens is 1. The van der Waals surface area contributed by atoms with Gasteiger partial charge in [0.05, 0.1) is 6.04 Å². The lowest BCUT2D eigenvalue weighted by Gasteiger charge is -2.24. The first-order valence-electron chi connectivity index (χ1n) is 10.2. The summed E-state index contributed by atoms with van der Waals surface area (Å²) in [7, 11) is 0. The second kappa shape index (κ2) is 9.56. The Balaban J connectivity index is 2.13. The average molecular weight is 394 g/mol. The third-order valence-corrected chi connectivity index (χ3v) is 5.47. The predicted octanol–water partition coefficient (Wildman–Crippen LogP) is 4.43. The summed E-state index contributed by atoms with van der Waals surface area (Å²) in [5.74, 6) is 0.684. The van der Waals surface area contributed by atoms with Crippen LogP contribution in [-0.4, -0.2) is 10.9 Å². The number of aromatic amines is 1. The number of hydrogen-bond donors (Lipinski definition) is 2. The number of nitriles is 1. The molecule has 0 saturated carbocycles. The molecule has 0 aliphatic heterocycles. The van der Waals surface area contributed by atoms with Gasteiger partial charge >= 0.3 is 0 Å². The molecule has 5 nitrogen and oxygen atoms in total. The first kappa shape index (κ1) is 22.4. The molecule has 1 aromatic heterocycles. The molecule has 2 N–H and O–H groups in total. The van der Waals surface area contributed by atoms with Gasteiger partial charge in [0.1, 0.15) is 11.6 Å². The molecule has 0 bridgehead atoms. The van der Waals surface area contributed by atoms with Gasteiger partial charge in [-0.1, -0.05) is 52.0 Å². The van der Waals surface area contributed by atoms with Gasteiger partial charge in [-0.25, -0.2) is 0 Å². The number of H-pyrrole nitrogens is 1. The summed E-state index contributed by atoms with van der Waals surface area (Å²) < 4.78 is 0. The van der Waals surface area contributed by atoms with Gasteiger partial charge in [0.2, 0.25) is 5.91 Å². The van der Waals surface area contributed by atoms with Gasteiger partial charge in [-0.15, -0.1) is 0 Å². The fraction of sp³-hybridized carbons (Fsp3) is 0.458. The van der Waals surface area contributed by atoms with Crippen molar-refractivity contribution in [3.63, 3.8) is 0 Å². The first-order chi connectivity index (χ1) is 13.6. The standard InChI is InChI=1S/C24H31N3O2/c1-14(2)18-7-9-19(10-8-18)23(15(3)4)27-22(28)12-11-20-16(5)21(13-25)24(29)26-17(20)6/h7-10,14-15,23H,11-12H2,1-6H3,(H,26,29)(H,27,28). The number of rotatable bonds is 7. The summed E-state index contributed by atoms with van der Waals surface area (Å²) in [6.45, 7) is 12.1. The molecule has 0 spiro atoms. The molecule has 2 rings (SSSR count). The zero-order valence-electron chi connectivity index (χ0n) is 18.2. The van der Waals surface area contributed by atoms with E-state index in [4.69, 9.17) is 0 Å². The first-order valence-corrected chi connectivity index (χ1v) is 10.2. The van der Waals surface area contributed by atoms with Crippen molar-refractivity contribution in [1.82, 2.24) is 10.3 Å². The molecule has 2 aromatic rings. The molecule has 1 heterocycles. The topological polar surface area (TPSA) is 85.8 Å². The van der Waals surface area contributed by atoms with E-state index in [2.05, 4.69) is 62.3 Å². The van der Waals surface area contributed by atoms with Crippen LogP contribution in [0.3, 0.4) is 0 Å². The highest BCUT2D eigenvalue weighted by Gasteiger charge is 2.19. The molecule has 5 heteroatoms. The molecule has 154 valence electrons. The van der Waals surface area contributed by atoms with Crippen molar-refractivity contribution in [3.8, 4) is 6.07 Å². The molecule has 1 unspecified atom stereocenters. The fourth-order valence-corrected chi connectivity index (χ4v) is 3.63. The molecular weight excluding hydrogens is 362 g/mol. The third kappa shape index (κ3) is 5.35. The van der Waals surface area contributed by atoms with E-state index >= 15 is 0 Å². The summed E-state index contributed by atoms with van der Waals surface area (Å²) >= 11 is 0. The van der Waals surface area contributed by atoms with Crippen molar-refractivity contribution in [2.75, 3.05) is 0 Å². The Morgan fingerprint density at radius 1 is 1.10 bits per heavy atom. The van der Waals surface area contributed by atoms with Crippen molar-refractivity contribution < 1.29 is 4.79 Å². The average Bonchev–Trinajstić information content (AvgIpc) is 2.65. The molecule has 0 aliphatic rings. The number of hydrogen-bond acceptors (Lipinski definition) is 3. The van der Waals surface area contributed by atoms with Crippen LogP contribution in [0, 0.1) is 31.1 Å². The molecule has 0 aliphatic carbocycles. The SMILES string of the molecule is Cc1[nH]c(=O)c(C#N)c(C)c1CCC(=O)NC(c1ccc(C(C)C)cc1)C(C)C. The summed E-state index contributed by atoms with van der Waals surface area (Å²) in [6.07, 6.45) is 0.776. The van der Waals surface area contributed by atoms with E-state index in [1.807, 2.05) is 6.07 Å². The number of nitrogens with one attached hydrogen (secondary N) is 2. The van der Waals surface area contributed by atoms with E-state index in [0.717, 1.165) is 11.1 Å². The Morgan fingerprint density at radius 2 is 1.69 bits per heavy atom. The van der Waals surface area contributed by atoms with Crippen molar-refractivity contribution >= 4 is 5.91 Å². The highest BCUT2D eigenvalue weighted by Crippen LogP contribution is 2.24. The lowest BCUT2D eigenvalue weighted by Crippen LogP contribution is -2.32. The molecule has 0 fully saturated rings. The van der Waals surface area contributed by atoms with Gasteiger partial charge in [0.15, 0.2) is 0 Å². The summed E-state index contributed by atoms with van der Waals surface area (Å²) in [5, 5.41) is 12.4. The number of carbonyl (C=O) groups excluding carboxylic acids is 1. The normalized spacial score (nSPS) is 12.1. The molecule has 0 saturated heterocycles. The third-order valence-electron chi connectivity index (χ3n) is 5.47. The summed E-state index contributed by atoms with van der Waals surface area (Å²) in [5.41, 5.74) is 4.35. The molecule has 0 radical (unpaired) electrons. The van der Waals surface area contributed by atoms with Crippen LogP contribution in [0.4, 0.5) is 0 Å². The van der Waals surface area contributed by atoms with E-state index in [1.54, 1.807) is 13.8 Å². The number of benzene rings is 1. The van der Waals surface area contributed by atoms with Crippen LogP contribution < -0.4 is 10.9 Å². The Morgan fingerprint density at radius 3 is 2.21 bits per heavy atom. The number of carbonyl (C=O) groups is 1. The Labute approximate surface area is 173 Å². The Hall–Kier alpha value is -2.87. The Kier molecular flexibility index (Phi) is 7.39. The van der Waals surface area contributed by atoms with Crippen molar-refractivity contribution in [1.29, 1.82) is 5.26 Å². The van der Waals surface area contributed by atoms with Crippen LogP contribution in [0.1, 0.15) is 79.6 Å². The molecule has 1 atom stereocenters. The summed E-state index contributed by atoms with van der Waals surface area (Å²) in [6, 6.07) is 10.3. The highest BCUT2D eigenvalue weighted by molar-refractivity contribution is 5.77. The zero-order chi connectivity index (χ0) is 21.7. The molecule has 1 amide bonds. The van der Waals surface area contributed by atoms with Gasteiger partial charge in [0, 0.05) is 12.1 Å². The smallest absolute Gasteiger partial charge is 0.266 e. The number of amides is 1. The van der Waals surface area contributed by atoms with E-state index in [9.17, 15) is 14.9 Å². The predicted molar refractivity (Wildman–Crippen MR) is 116 cm³/mol. The minimum atomic E-state index is -0.375. The van der Waals surface area contributed by atoms with Crippen LogP contribution in [0.5, 0.6) is 0 Å².